The van der Waals surface area contributed by atoms with Crippen molar-refractivity contribution in [1.29, 1.82) is 0 Å². The Kier molecular flexibility index (Phi) is 11.8. The van der Waals surface area contributed by atoms with Gasteiger partial charge < -0.3 is 5.11 Å². The van der Waals surface area contributed by atoms with Crippen LogP contribution in [0, 0.1) is 0 Å². The number of carboxylic acids is 1. The number of rotatable bonds is 14. The summed E-state index contributed by atoms with van der Waals surface area (Å²) in [6.45, 7) is 2.57. The summed E-state index contributed by atoms with van der Waals surface area (Å²) in [4.78, 5) is 10.3. The van der Waals surface area contributed by atoms with E-state index in [-0.39, 0.29) is 12.2 Å². The van der Waals surface area contributed by atoms with Gasteiger partial charge in [0.15, 0.2) is 0 Å². The van der Waals surface area contributed by atoms with Gasteiger partial charge in [-0.25, -0.2) is 13.1 Å². The molecular formula is C14H29NO4S. The van der Waals surface area contributed by atoms with Crippen molar-refractivity contribution < 1.29 is 18.3 Å². The van der Waals surface area contributed by atoms with Crippen molar-refractivity contribution in [2.45, 2.75) is 71.1 Å². The third-order valence-corrected chi connectivity index (χ3v) is 4.63. The molecule has 0 saturated heterocycles. The van der Waals surface area contributed by atoms with Crippen LogP contribution in [-0.2, 0) is 14.8 Å². The molecule has 20 heavy (non-hydrogen) atoms. The molecule has 0 aliphatic heterocycles. The zero-order valence-corrected chi connectivity index (χ0v) is 13.4. The number of nitrogens with one attached hydrogen (secondary N) is 1. The summed E-state index contributed by atoms with van der Waals surface area (Å²) in [6, 6.07) is 0. The molecule has 2 N–H and O–H groups in total. The van der Waals surface area contributed by atoms with Crippen LogP contribution in [0.4, 0.5) is 0 Å². The largest absolute Gasteiger partial charge is 0.481 e. The van der Waals surface area contributed by atoms with Gasteiger partial charge >= 0.3 is 5.97 Å². The van der Waals surface area contributed by atoms with E-state index in [1.807, 2.05) is 0 Å². The second kappa shape index (κ2) is 12.1. The topological polar surface area (TPSA) is 83.5 Å². The lowest BCUT2D eigenvalue weighted by Crippen LogP contribution is -2.27. The maximum Gasteiger partial charge on any atom is 0.303 e. The smallest absolute Gasteiger partial charge is 0.303 e. The first-order chi connectivity index (χ1) is 9.48. The summed E-state index contributed by atoms with van der Waals surface area (Å²) in [7, 11) is -3.14. The van der Waals surface area contributed by atoms with E-state index in [9.17, 15) is 13.2 Å². The van der Waals surface area contributed by atoms with E-state index in [2.05, 4.69) is 11.6 Å². The standard InChI is InChI=1S/C14H29NO4S/c1-2-3-4-5-6-10-13-20(18,19)15-12-9-7-8-11-14(16)17/h15H,2-13H2,1H3,(H,16,17). The molecule has 6 heteroatoms. The fourth-order valence-corrected chi connectivity index (χ4v) is 3.13. The van der Waals surface area contributed by atoms with Crippen LogP contribution in [0.15, 0.2) is 0 Å². The van der Waals surface area contributed by atoms with Crippen LogP contribution in [0.1, 0.15) is 71.1 Å². The highest BCUT2D eigenvalue weighted by Gasteiger charge is 2.08. The Balaban J connectivity index is 3.47. The van der Waals surface area contributed by atoms with Gasteiger partial charge in [0.1, 0.15) is 0 Å². The highest BCUT2D eigenvalue weighted by Crippen LogP contribution is 2.06. The van der Waals surface area contributed by atoms with Gasteiger partial charge in [-0.1, -0.05) is 45.4 Å². The number of aliphatic carboxylic acids is 1. The Labute approximate surface area is 123 Å². The Bertz CT molecular complexity index is 341. The number of unbranched alkanes of at least 4 members (excludes halogenated alkanes) is 7. The van der Waals surface area contributed by atoms with Crippen molar-refractivity contribution in [3.05, 3.63) is 0 Å². The second-order valence-electron chi connectivity index (χ2n) is 5.19. The number of sulfonamides is 1. The highest BCUT2D eigenvalue weighted by molar-refractivity contribution is 7.89. The van der Waals surface area contributed by atoms with Crippen LogP contribution in [0.25, 0.3) is 0 Å². The van der Waals surface area contributed by atoms with Crippen molar-refractivity contribution in [1.82, 2.24) is 4.72 Å². The van der Waals surface area contributed by atoms with E-state index in [1.54, 1.807) is 0 Å². The number of carboxylic acid groups (broad SMARTS) is 1. The number of hydrogen-bond donors (Lipinski definition) is 2. The van der Waals surface area contributed by atoms with Crippen molar-refractivity contribution in [2.75, 3.05) is 12.3 Å². The molecule has 0 saturated carbocycles. The summed E-state index contributed by atoms with van der Waals surface area (Å²) in [6.07, 6.45) is 8.61. The van der Waals surface area contributed by atoms with Crippen molar-refractivity contribution in [3.63, 3.8) is 0 Å². The first-order valence-corrected chi connectivity index (χ1v) is 9.32. The minimum atomic E-state index is -3.14. The van der Waals surface area contributed by atoms with Gasteiger partial charge in [-0.15, -0.1) is 0 Å². The molecule has 0 fully saturated rings. The molecular weight excluding hydrogens is 278 g/mol. The number of carbonyl (C=O) groups is 1. The fraction of sp³-hybridized carbons (Fsp3) is 0.929. The van der Waals surface area contributed by atoms with Gasteiger partial charge in [-0.2, -0.15) is 0 Å². The average Bonchev–Trinajstić information content (AvgIpc) is 2.37. The molecule has 0 bridgehead atoms. The lowest BCUT2D eigenvalue weighted by molar-refractivity contribution is -0.137. The van der Waals surface area contributed by atoms with E-state index < -0.39 is 16.0 Å². The van der Waals surface area contributed by atoms with Gasteiger partial charge in [0.2, 0.25) is 10.0 Å². The van der Waals surface area contributed by atoms with E-state index in [0.29, 0.717) is 19.4 Å². The normalized spacial score (nSPS) is 11.7. The molecule has 5 nitrogen and oxygen atoms in total. The van der Waals surface area contributed by atoms with Gasteiger partial charge in [-0.05, 0) is 19.3 Å². The van der Waals surface area contributed by atoms with Crippen LogP contribution in [0.3, 0.4) is 0 Å². The molecule has 0 aliphatic rings. The predicted molar refractivity (Wildman–Crippen MR) is 81.3 cm³/mol. The molecule has 0 aromatic carbocycles. The maximum absolute atomic E-state index is 11.7. The molecule has 0 unspecified atom stereocenters. The first-order valence-electron chi connectivity index (χ1n) is 7.67. The second-order valence-corrected chi connectivity index (χ2v) is 7.11. The molecule has 0 aromatic heterocycles. The fourth-order valence-electron chi connectivity index (χ4n) is 1.95. The van der Waals surface area contributed by atoms with E-state index >= 15 is 0 Å². The number of hydrogen-bond acceptors (Lipinski definition) is 3. The minimum Gasteiger partial charge on any atom is -0.481 e. The highest BCUT2D eigenvalue weighted by atomic mass is 32.2. The Morgan fingerprint density at radius 3 is 2.20 bits per heavy atom. The van der Waals surface area contributed by atoms with Gasteiger partial charge in [0, 0.05) is 13.0 Å². The lowest BCUT2D eigenvalue weighted by Gasteiger charge is -2.06. The maximum atomic E-state index is 11.7. The van der Waals surface area contributed by atoms with Gasteiger partial charge in [0.25, 0.3) is 0 Å². The SMILES string of the molecule is CCCCCCCCS(=O)(=O)NCCCCCC(=O)O. The van der Waals surface area contributed by atoms with Crippen LogP contribution < -0.4 is 4.72 Å². The molecule has 120 valence electrons. The Morgan fingerprint density at radius 1 is 0.950 bits per heavy atom. The van der Waals surface area contributed by atoms with Crippen LogP contribution >= 0.6 is 0 Å². The summed E-state index contributed by atoms with van der Waals surface area (Å²) in [5, 5.41) is 8.46. The summed E-state index contributed by atoms with van der Waals surface area (Å²) in [5.74, 6) is -0.595. The van der Waals surface area contributed by atoms with Crippen LogP contribution in [0.2, 0.25) is 0 Å². The Morgan fingerprint density at radius 2 is 1.55 bits per heavy atom. The summed E-state index contributed by atoms with van der Waals surface area (Å²) < 4.78 is 25.9. The molecule has 0 spiro atoms. The minimum absolute atomic E-state index is 0.157. The molecule has 0 atom stereocenters. The monoisotopic (exact) mass is 307 g/mol. The third kappa shape index (κ3) is 13.8. The summed E-state index contributed by atoms with van der Waals surface area (Å²) >= 11 is 0. The average molecular weight is 307 g/mol. The van der Waals surface area contributed by atoms with E-state index in [0.717, 1.165) is 25.7 Å². The molecule has 0 radical (unpaired) electrons. The quantitative estimate of drug-likeness (QED) is 0.483. The zero-order chi connectivity index (χ0) is 15.3. The Hall–Kier alpha value is -0.620. The molecule has 0 rings (SSSR count). The van der Waals surface area contributed by atoms with Crippen LogP contribution in [0.5, 0.6) is 0 Å². The third-order valence-electron chi connectivity index (χ3n) is 3.16. The zero-order valence-electron chi connectivity index (χ0n) is 12.6. The molecule has 0 aromatic rings. The van der Waals surface area contributed by atoms with E-state index in [4.69, 9.17) is 5.11 Å². The molecule has 0 heterocycles. The van der Waals surface area contributed by atoms with Gasteiger partial charge in [0.05, 0.1) is 5.75 Å². The predicted octanol–water partition coefficient (Wildman–Crippen LogP) is 2.91. The summed E-state index contributed by atoms with van der Waals surface area (Å²) in [5.41, 5.74) is 0. The lowest BCUT2D eigenvalue weighted by atomic mass is 10.1. The van der Waals surface area contributed by atoms with E-state index in [1.165, 1.54) is 19.3 Å². The van der Waals surface area contributed by atoms with Crippen molar-refractivity contribution in [3.8, 4) is 0 Å². The molecule has 0 amide bonds. The van der Waals surface area contributed by atoms with Crippen molar-refractivity contribution >= 4 is 16.0 Å². The van der Waals surface area contributed by atoms with Gasteiger partial charge in [-0.3, -0.25) is 4.79 Å². The van der Waals surface area contributed by atoms with Crippen LogP contribution in [-0.4, -0.2) is 31.8 Å². The first kappa shape index (κ1) is 19.4. The van der Waals surface area contributed by atoms with Crippen molar-refractivity contribution in [2.24, 2.45) is 0 Å². The molecule has 0 aliphatic carbocycles.